The topological polar surface area (TPSA) is 54.9 Å². The van der Waals surface area contributed by atoms with Crippen molar-refractivity contribution in [3.05, 3.63) is 47.5 Å². The van der Waals surface area contributed by atoms with Crippen LogP contribution in [0.15, 0.2) is 46.8 Å². The Morgan fingerprint density at radius 2 is 2.05 bits per heavy atom. The summed E-state index contributed by atoms with van der Waals surface area (Å²) in [7, 11) is 0. The van der Waals surface area contributed by atoms with Crippen LogP contribution in [0.5, 0.6) is 0 Å². The van der Waals surface area contributed by atoms with Gasteiger partial charge in [-0.15, -0.1) is 11.3 Å². The van der Waals surface area contributed by atoms with Gasteiger partial charge < -0.3 is 5.32 Å². The Morgan fingerprint density at radius 3 is 2.82 bits per heavy atom. The molecule has 0 spiro atoms. The molecule has 3 rings (SSSR count). The first-order valence-electron chi connectivity index (χ1n) is 6.87. The van der Waals surface area contributed by atoms with Crippen LogP contribution in [0, 0.1) is 6.92 Å². The molecule has 4 nitrogen and oxygen atoms in total. The minimum absolute atomic E-state index is 0.0608. The first-order chi connectivity index (χ1) is 10.6. The van der Waals surface area contributed by atoms with Gasteiger partial charge in [0.05, 0.1) is 21.5 Å². The van der Waals surface area contributed by atoms with Gasteiger partial charge in [-0.05, 0) is 26.0 Å². The quantitative estimate of drug-likeness (QED) is 0.732. The number of pyridine rings is 1. The number of hydrogen-bond acceptors (Lipinski definition) is 5. The molecular formula is C16H15N3OS2. The van der Waals surface area contributed by atoms with E-state index in [1.807, 2.05) is 55.6 Å². The predicted molar refractivity (Wildman–Crippen MR) is 92.5 cm³/mol. The number of amides is 1. The number of fused-ring (bicyclic) bond motifs is 1. The Kier molecular flexibility index (Phi) is 4.40. The number of anilines is 1. The molecule has 0 unspecified atom stereocenters. The van der Waals surface area contributed by atoms with E-state index >= 15 is 0 Å². The summed E-state index contributed by atoms with van der Waals surface area (Å²) in [6.07, 6.45) is 0. The highest BCUT2D eigenvalue weighted by Crippen LogP contribution is 2.25. The van der Waals surface area contributed by atoms with Crippen LogP contribution < -0.4 is 5.32 Å². The van der Waals surface area contributed by atoms with Gasteiger partial charge in [0.2, 0.25) is 5.91 Å². The Morgan fingerprint density at radius 1 is 1.23 bits per heavy atom. The van der Waals surface area contributed by atoms with Crippen LogP contribution in [-0.2, 0) is 4.79 Å². The zero-order chi connectivity index (χ0) is 15.5. The van der Waals surface area contributed by atoms with Crippen molar-refractivity contribution < 1.29 is 4.79 Å². The molecule has 22 heavy (non-hydrogen) atoms. The maximum Gasteiger partial charge on any atom is 0.239 e. The Bertz CT molecular complexity index is 816. The highest BCUT2D eigenvalue weighted by molar-refractivity contribution is 8.00. The average molecular weight is 329 g/mol. The molecule has 1 N–H and O–H groups in total. The SMILES string of the molecule is Cc1csc(NC(=O)[C@@H](C)Sc2ccc3ccccc3n2)n1. The fraction of sp³-hybridized carbons (Fsp3) is 0.188. The molecule has 0 fully saturated rings. The molecule has 1 aromatic carbocycles. The van der Waals surface area contributed by atoms with E-state index in [4.69, 9.17) is 0 Å². The lowest BCUT2D eigenvalue weighted by molar-refractivity contribution is -0.115. The van der Waals surface area contributed by atoms with Crippen LogP contribution in [-0.4, -0.2) is 21.1 Å². The maximum absolute atomic E-state index is 12.2. The van der Waals surface area contributed by atoms with Crippen molar-refractivity contribution in [2.24, 2.45) is 0 Å². The summed E-state index contributed by atoms with van der Waals surface area (Å²) in [5, 5.41) is 7.10. The summed E-state index contributed by atoms with van der Waals surface area (Å²) in [6, 6.07) is 11.9. The van der Waals surface area contributed by atoms with E-state index in [2.05, 4.69) is 15.3 Å². The molecule has 0 saturated heterocycles. The molecule has 0 aliphatic heterocycles. The molecule has 0 aliphatic carbocycles. The van der Waals surface area contributed by atoms with Crippen LogP contribution in [0.25, 0.3) is 10.9 Å². The smallest absolute Gasteiger partial charge is 0.239 e. The molecule has 2 aromatic heterocycles. The number of aromatic nitrogens is 2. The van der Waals surface area contributed by atoms with Crippen molar-refractivity contribution in [1.82, 2.24) is 9.97 Å². The van der Waals surface area contributed by atoms with Gasteiger partial charge in [-0.3, -0.25) is 4.79 Å². The van der Waals surface area contributed by atoms with Gasteiger partial charge in [-0.1, -0.05) is 36.0 Å². The summed E-state index contributed by atoms with van der Waals surface area (Å²) in [6.45, 7) is 3.78. The number of hydrogen-bond donors (Lipinski definition) is 1. The fourth-order valence-electron chi connectivity index (χ4n) is 1.97. The molecule has 6 heteroatoms. The second-order valence-corrected chi connectivity index (χ2v) is 7.10. The second-order valence-electron chi connectivity index (χ2n) is 4.89. The molecular weight excluding hydrogens is 314 g/mol. The molecule has 3 aromatic rings. The number of thioether (sulfide) groups is 1. The number of carbonyl (C=O) groups is 1. The summed E-state index contributed by atoms with van der Waals surface area (Å²) < 4.78 is 0. The average Bonchev–Trinajstić information content (AvgIpc) is 2.92. The summed E-state index contributed by atoms with van der Waals surface area (Å²) in [5.74, 6) is -0.0608. The number of aryl methyl sites for hydroxylation is 1. The third-order valence-corrected chi connectivity index (χ3v) is 5.00. The van der Waals surface area contributed by atoms with Crippen LogP contribution in [0.2, 0.25) is 0 Å². The number of thiazole rings is 1. The third-order valence-electron chi connectivity index (χ3n) is 3.09. The predicted octanol–water partition coefficient (Wildman–Crippen LogP) is 4.12. The largest absolute Gasteiger partial charge is 0.301 e. The highest BCUT2D eigenvalue weighted by Gasteiger charge is 2.16. The Labute approximate surface area is 137 Å². The molecule has 0 bridgehead atoms. The summed E-state index contributed by atoms with van der Waals surface area (Å²) in [4.78, 5) is 21.0. The number of rotatable bonds is 4. The van der Waals surface area contributed by atoms with Crippen molar-refractivity contribution in [3.8, 4) is 0 Å². The fourth-order valence-corrected chi connectivity index (χ4v) is 3.48. The minimum Gasteiger partial charge on any atom is -0.301 e. The van der Waals surface area contributed by atoms with E-state index in [9.17, 15) is 4.79 Å². The van der Waals surface area contributed by atoms with E-state index in [0.29, 0.717) is 5.13 Å². The van der Waals surface area contributed by atoms with Crippen molar-refractivity contribution >= 4 is 45.0 Å². The summed E-state index contributed by atoms with van der Waals surface area (Å²) >= 11 is 2.88. The Hall–Kier alpha value is -1.92. The molecule has 1 atom stereocenters. The van der Waals surface area contributed by atoms with Gasteiger partial charge in [-0.2, -0.15) is 0 Å². The van der Waals surface area contributed by atoms with Gasteiger partial charge in [0, 0.05) is 10.8 Å². The van der Waals surface area contributed by atoms with Crippen LogP contribution in [0.3, 0.4) is 0 Å². The number of nitrogens with one attached hydrogen (secondary N) is 1. The monoisotopic (exact) mass is 329 g/mol. The van der Waals surface area contributed by atoms with Gasteiger partial charge in [0.15, 0.2) is 5.13 Å². The Balaban J connectivity index is 1.69. The maximum atomic E-state index is 12.2. The van der Waals surface area contributed by atoms with Crippen molar-refractivity contribution in [2.45, 2.75) is 24.1 Å². The van der Waals surface area contributed by atoms with Gasteiger partial charge in [0.25, 0.3) is 0 Å². The van der Waals surface area contributed by atoms with Crippen molar-refractivity contribution in [2.75, 3.05) is 5.32 Å². The van der Waals surface area contributed by atoms with E-state index in [-0.39, 0.29) is 11.2 Å². The van der Waals surface area contributed by atoms with E-state index < -0.39 is 0 Å². The molecule has 2 heterocycles. The third kappa shape index (κ3) is 3.45. The highest BCUT2D eigenvalue weighted by atomic mass is 32.2. The lowest BCUT2D eigenvalue weighted by Crippen LogP contribution is -2.22. The number of nitrogens with zero attached hydrogens (tertiary/aromatic N) is 2. The van der Waals surface area contributed by atoms with E-state index in [1.165, 1.54) is 23.1 Å². The van der Waals surface area contributed by atoms with Gasteiger partial charge in [0.1, 0.15) is 0 Å². The first kappa shape index (κ1) is 15.0. The van der Waals surface area contributed by atoms with Crippen molar-refractivity contribution in [1.29, 1.82) is 0 Å². The number of carbonyl (C=O) groups excluding carboxylic acids is 1. The van der Waals surface area contributed by atoms with E-state index in [1.54, 1.807) is 0 Å². The molecule has 1 amide bonds. The number of para-hydroxylation sites is 1. The molecule has 112 valence electrons. The zero-order valence-electron chi connectivity index (χ0n) is 12.2. The van der Waals surface area contributed by atoms with Crippen LogP contribution >= 0.6 is 23.1 Å². The molecule has 0 radical (unpaired) electrons. The first-order valence-corrected chi connectivity index (χ1v) is 8.63. The molecule has 0 saturated carbocycles. The van der Waals surface area contributed by atoms with Crippen LogP contribution in [0.1, 0.15) is 12.6 Å². The van der Waals surface area contributed by atoms with Crippen LogP contribution in [0.4, 0.5) is 5.13 Å². The van der Waals surface area contributed by atoms with Gasteiger partial charge >= 0.3 is 0 Å². The minimum atomic E-state index is -0.238. The standard InChI is InChI=1S/C16H15N3OS2/c1-10-9-21-16(17-10)19-15(20)11(2)22-14-8-7-12-5-3-4-6-13(12)18-14/h3-9,11H,1-2H3,(H,17,19,20)/t11-/m1/s1. The zero-order valence-corrected chi connectivity index (χ0v) is 13.9. The van der Waals surface area contributed by atoms with Gasteiger partial charge in [-0.25, -0.2) is 9.97 Å². The second kappa shape index (κ2) is 6.46. The van der Waals surface area contributed by atoms with E-state index in [0.717, 1.165) is 21.6 Å². The normalized spacial score (nSPS) is 12.3. The molecule has 0 aliphatic rings. The van der Waals surface area contributed by atoms with Crippen molar-refractivity contribution in [3.63, 3.8) is 0 Å². The lowest BCUT2D eigenvalue weighted by Gasteiger charge is -2.10. The lowest BCUT2D eigenvalue weighted by atomic mass is 10.2. The summed E-state index contributed by atoms with van der Waals surface area (Å²) in [5.41, 5.74) is 1.85. The number of benzene rings is 1.